The minimum atomic E-state index is 0.0360. The first-order chi connectivity index (χ1) is 7.86. The van der Waals surface area contributed by atoms with E-state index in [1.54, 1.807) is 12.2 Å². The molecule has 1 aromatic rings. The molecule has 1 heterocycles. The first-order valence-corrected chi connectivity index (χ1v) is 5.21. The van der Waals surface area contributed by atoms with E-state index in [0.717, 1.165) is 11.1 Å². The highest BCUT2D eigenvalue weighted by molar-refractivity contribution is 6.14. The number of hydrogen-bond acceptors (Lipinski definition) is 2. The lowest BCUT2D eigenvalue weighted by Gasteiger charge is -2.05. The number of ketones is 1. The Morgan fingerprint density at radius 3 is 2.75 bits per heavy atom. The molecule has 2 heteroatoms. The molecule has 0 aromatic heterocycles. The molecule has 0 N–H and O–H groups in total. The van der Waals surface area contributed by atoms with Gasteiger partial charge in [-0.3, -0.25) is 4.79 Å². The van der Waals surface area contributed by atoms with Crippen LogP contribution in [0.1, 0.15) is 5.56 Å². The van der Waals surface area contributed by atoms with E-state index in [9.17, 15) is 4.79 Å². The summed E-state index contributed by atoms with van der Waals surface area (Å²) >= 11 is 0. The molecule has 0 saturated heterocycles. The molecule has 2 aliphatic rings. The van der Waals surface area contributed by atoms with Crippen LogP contribution in [0.5, 0.6) is 0 Å². The molecule has 0 saturated carbocycles. The average Bonchev–Trinajstić information content (AvgIpc) is 2.75. The largest absolute Gasteiger partial charge is 0.488 e. The smallest absolute Gasteiger partial charge is 0.189 e. The van der Waals surface area contributed by atoms with Crippen molar-refractivity contribution in [1.29, 1.82) is 0 Å². The first kappa shape index (κ1) is 9.16. The van der Waals surface area contributed by atoms with Crippen molar-refractivity contribution in [3.8, 4) is 0 Å². The van der Waals surface area contributed by atoms with Crippen LogP contribution in [-0.4, -0.2) is 12.4 Å². The number of ether oxygens (including phenoxy) is 1. The molecule has 1 aliphatic heterocycles. The van der Waals surface area contributed by atoms with Gasteiger partial charge in [0.25, 0.3) is 0 Å². The lowest BCUT2D eigenvalue weighted by molar-refractivity contribution is -0.111. The van der Waals surface area contributed by atoms with Crippen molar-refractivity contribution < 1.29 is 9.53 Å². The Morgan fingerprint density at radius 1 is 1.12 bits per heavy atom. The zero-order chi connectivity index (χ0) is 11.0. The van der Waals surface area contributed by atoms with Crippen molar-refractivity contribution >= 4 is 11.4 Å². The van der Waals surface area contributed by atoms with Gasteiger partial charge in [-0.25, -0.2) is 0 Å². The second kappa shape index (κ2) is 3.49. The van der Waals surface area contributed by atoms with Crippen molar-refractivity contribution in [2.75, 3.05) is 6.61 Å². The van der Waals surface area contributed by atoms with Crippen molar-refractivity contribution in [2.24, 2.45) is 0 Å². The predicted octanol–water partition coefficient (Wildman–Crippen LogP) is 2.49. The van der Waals surface area contributed by atoms with E-state index < -0.39 is 0 Å². The van der Waals surface area contributed by atoms with E-state index in [1.807, 2.05) is 36.4 Å². The Hall–Kier alpha value is -2.09. The topological polar surface area (TPSA) is 26.3 Å². The summed E-state index contributed by atoms with van der Waals surface area (Å²) in [5, 5.41) is 0. The fraction of sp³-hybridized carbons (Fsp3) is 0.0714. The van der Waals surface area contributed by atoms with Crippen LogP contribution < -0.4 is 0 Å². The summed E-state index contributed by atoms with van der Waals surface area (Å²) in [5.74, 6) is 0.736. The van der Waals surface area contributed by atoms with Crippen LogP contribution in [0.15, 0.2) is 59.9 Å². The Morgan fingerprint density at radius 2 is 1.94 bits per heavy atom. The van der Waals surface area contributed by atoms with Crippen LogP contribution in [0.4, 0.5) is 0 Å². The minimum Gasteiger partial charge on any atom is -0.488 e. The molecule has 16 heavy (non-hydrogen) atoms. The van der Waals surface area contributed by atoms with Crippen LogP contribution >= 0.6 is 0 Å². The van der Waals surface area contributed by atoms with Gasteiger partial charge in [0, 0.05) is 5.57 Å². The summed E-state index contributed by atoms with van der Waals surface area (Å²) in [6.45, 7) is 0.485. The van der Waals surface area contributed by atoms with Crippen LogP contribution in [0.25, 0.3) is 5.57 Å². The summed E-state index contributed by atoms with van der Waals surface area (Å²) < 4.78 is 5.51. The van der Waals surface area contributed by atoms with E-state index >= 15 is 0 Å². The quantitative estimate of drug-likeness (QED) is 0.711. The third-order valence-corrected chi connectivity index (χ3v) is 2.78. The SMILES string of the molecule is O=C1C=CC=C2OCC(c3ccccc3)=C12. The third kappa shape index (κ3) is 1.31. The van der Waals surface area contributed by atoms with Crippen LogP contribution in [0.2, 0.25) is 0 Å². The molecule has 0 spiro atoms. The lowest BCUT2D eigenvalue weighted by atomic mass is 9.96. The fourth-order valence-electron chi connectivity index (χ4n) is 2.02. The van der Waals surface area contributed by atoms with Crippen LogP contribution in [-0.2, 0) is 9.53 Å². The van der Waals surface area contributed by atoms with Gasteiger partial charge in [-0.15, -0.1) is 0 Å². The van der Waals surface area contributed by atoms with Crippen molar-refractivity contribution in [1.82, 2.24) is 0 Å². The van der Waals surface area contributed by atoms with Gasteiger partial charge >= 0.3 is 0 Å². The minimum absolute atomic E-state index is 0.0360. The molecule has 2 nitrogen and oxygen atoms in total. The molecule has 0 atom stereocenters. The summed E-state index contributed by atoms with van der Waals surface area (Å²) in [6, 6.07) is 9.89. The van der Waals surface area contributed by atoms with E-state index in [1.165, 1.54) is 0 Å². The van der Waals surface area contributed by atoms with Gasteiger partial charge < -0.3 is 4.74 Å². The average molecular weight is 210 g/mol. The Balaban J connectivity index is 2.16. The third-order valence-electron chi connectivity index (χ3n) is 2.78. The molecule has 0 fully saturated rings. The van der Waals surface area contributed by atoms with Crippen LogP contribution in [0.3, 0.4) is 0 Å². The van der Waals surface area contributed by atoms with Gasteiger partial charge in [0.2, 0.25) is 0 Å². The monoisotopic (exact) mass is 210 g/mol. The summed E-state index contributed by atoms with van der Waals surface area (Å²) in [6.07, 6.45) is 5.15. The van der Waals surface area contributed by atoms with Gasteiger partial charge in [-0.2, -0.15) is 0 Å². The normalized spacial score (nSPS) is 18.2. The molecular weight excluding hydrogens is 200 g/mol. The Kier molecular flexibility index (Phi) is 2.00. The summed E-state index contributed by atoms with van der Waals surface area (Å²) in [5.41, 5.74) is 2.76. The van der Waals surface area contributed by atoms with Gasteiger partial charge in [-0.1, -0.05) is 36.4 Å². The molecule has 0 unspecified atom stereocenters. The number of carbonyl (C=O) groups is 1. The molecule has 78 valence electrons. The van der Waals surface area contributed by atoms with E-state index in [0.29, 0.717) is 17.9 Å². The molecule has 3 rings (SSSR count). The number of benzene rings is 1. The molecule has 1 aliphatic carbocycles. The Bertz CT molecular complexity index is 533. The molecule has 0 amide bonds. The standard InChI is InChI=1S/C14H10O2/c15-12-7-4-8-13-14(12)11(9-16-13)10-5-2-1-3-6-10/h1-8H,9H2. The second-order valence-electron chi connectivity index (χ2n) is 3.76. The van der Waals surface area contributed by atoms with Crippen LogP contribution in [0, 0.1) is 0 Å². The van der Waals surface area contributed by atoms with E-state index in [4.69, 9.17) is 4.74 Å². The molecule has 0 bridgehead atoms. The molecular formula is C14H10O2. The molecule has 1 aromatic carbocycles. The van der Waals surface area contributed by atoms with E-state index in [-0.39, 0.29) is 5.78 Å². The van der Waals surface area contributed by atoms with E-state index in [2.05, 4.69) is 0 Å². The first-order valence-electron chi connectivity index (χ1n) is 5.21. The Labute approximate surface area is 93.5 Å². The summed E-state index contributed by atoms with van der Waals surface area (Å²) in [7, 11) is 0. The number of allylic oxidation sites excluding steroid dienone is 4. The highest BCUT2D eigenvalue weighted by atomic mass is 16.5. The van der Waals surface area contributed by atoms with Gasteiger partial charge in [0.15, 0.2) is 5.78 Å². The number of hydrogen-bond donors (Lipinski definition) is 0. The fourth-order valence-corrected chi connectivity index (χ4v) is 2.02. The van der Waals surface area contributed by atoms with Crippen molar-refractivity contribution in [2.45, 2.75) is 0 Å². The van der Waals surface area contributed by atoms with Gasteiger partial charge in [-0.05, 0) is 17.7 Å². The maximum atomic E-state index is 11.8. The second-order valence-corrected chi connectivity index (χ2v) is 3.76. The van der Waals surface area contributed by atoms with Gasteiger partial charge in [0.05, 0.1) is 5.57 Å². The zero-order valence-electron chi connectivity index (χ0n) is 8.64. The number of fused-ring (bicyclic) bond motifs is 1. The van der Waals surface area contributed by atoms with Gasteiger partial charge in [0.1, 0.15) is 12.4 Å². The highest BCUT2D eigenvalue weighted by Gasteiger charge is 2.27. The zero-order valence-corrected chi connectivity index (χ0v) is 8.64. The lowest BCUT2D eigenvalue weighted by Crippen LogP contribution is -2.03. The number of rotatable bonds is 1. The van der Waals surface area contributed by atoms with Crippen molar-refractivity contribution in [3.05, 3.63) is 65.5 Å². The highest BCUT2D eigenvalue weighted by Crippen LogP contribution is 2.34. The summed E-state index contributed by atoms with van der Waals surface area (Å²) in [4.78, 5) is 11.8. The number of carbonyl (C=O) groups excluding carboxylic acids is 1. The maximum absolute atomic E-state index is 11.8. The maximum Gasteiger partial charge on any atom is 0.189 e. The molecule has 0 radical (unpaired) electrons. The van der Waals surface area contributed by atoms with Crippen molar-refractivity contribution in [3.63, 3.8) is 0 Å². The predicted molar refractivity (Wildman–Crippen MR) is 61.5 cm³/mol.